The molecule has 1 aromatic carbocycles. The smallest absolute Gasteiger partial charge is 0.434 e. The maximum absolute atomic E-state index is 11.1. The molecule has 0 aromatic heterocycles. The van der Waals surface area contributed by atoms with Crippen LogP contribution in [0.4, 0.5) is 4.79 Å². The van der Waals surface area contributed by atoms with Crippen LogP contribution in [0.25, 0.3) is 0 Å². The van der Waals surface area contributed by atoms with Crippen molar-refractivity contribution in [1.29, 1.82) is 0 Å². The molecule has 0 aliphatic carbocycles. The van der Waals surface area contributed by atoms with Gasteiger partial charge in [0.2, 0.25) is 0 Å². The molecule has 0 heterocycles. The van der Waals surface area contributed by atoms with E-state index in [1.54, 1.807) is 0 Å². The number of hydrogen-bond acceptors (Lipinski definition) is 3. The third kappa shape index (κ3) is 3.83. The third-order valence-electron chi connectivity index (χ3n) is 1.71. The molecule has 0 spiro atoms. The van der Waals surface area contributed by atoms with Crippen LogP contribution in [-0.4, -0.2) is 23.0 Å². The lowest BCUT2D eigenvalue weighted by atomic mass is 10.2. The summed E-state index contributed by atoms with van der Waals surface area (Å²) < 4.78 is 4.64. The lowest BCUT2D eigenvalue weighted by Crippen LogP contribution is -2.27. The predicted octanol–water partition coefficient (Wildman–Crippen LogP) is 2.20. The molecular formula is C11H13NO3. The van der Waals surface area contributed by atoms with Gasteiger partial charge in [0, 0.05) is 0 Å². The molecule has 0 unspecified atom stereocenters. The van der Waals surface area contributed by atoms with Crippen LogP contribution in [0.2, 0.25) is 0 Å². The molecule has 0 aliphatic heterocycles. The number of amides is 1. The summed E-state index contributed by atoms with van der Waals surface area (Å²) in [6.07, 6.45) is 0.660. The third-order valence-corrected chi connectivity index (χ3v) is 1.71. The van der Waals surface area contributed by atoms with E-state index in [0.29, 0.717) is 5.06 Å². The van der Waals surface area contributed by atoms with Crippen molar-refractivity contribution in [3.05, 3.63) is 48.6 Å². The van der Waals surface area contributed by atoms with Crippen molar-refractivity contribution in [3.8, 4) is 0 Å². The average Bonchev–Trinajstić information content (AvgIpc) is 2.27. The molecule has 0 saturated carbocycles. The predicted molar refractivity (Wildman–Crippen MR) is 55.3 cm³/mol. The van der Waals surface area contributed by atoms with Crippen molar-refractivity contribution in [2.24, 2.45) is 0 Å². The Morgan fingerprint density at radius 1 is 1.47 bits per heavy atom. The van der Waals surface area contributed by atoms with Gasteiger partial charge in [-0.05, 0) is 5.56 Å². The molecule has 1 N–H and O–H groups in total. The minimum absolute atomic E-state index is 0.0880. The molecule has 0 aliphatic rings. The number of carbonyl (C=O) groups excluding carboxylic acids is 1. The largest absolute Gasteiger partial charge is 0.444 e. The first kappa shape index (κ1) is 11.3. The molecule has 4 nitrogen and oxygen atoms in total. The molecule has 4 heteroatoms. The van der Waals surface area contributed by atoms with Crippen LogP contribution >= 0.6 is 0 Å². The van der Waals surface area contributed by atoms with E-state index in [4.69, 9.17) is 0 Å². The Morgan fingerprint density at radius 3 is 2.73 bits per heavy atom. The Kier molecular flexibility index (Phi) is 4.37. The molecular weight excluding hydrogens is 194 g/mol. The normalized spacial score (nSPS) is 9.40. The van der Waals surface area contributed by atoms with Gasteiger partial charge in [0.05, 0.1) is 6.54 Å². The number of ether oxygens (including phenoxy) is 1. The van der Waals surface area contributed by atoms with Gasteiger partial charge in [-0.3, -0.25) is 5.21 Å². The van der Waals surface area contributed by atoms with E-state index in [9.17, 15) is 10.0 Å². The van der Waals surface area contributed by atoms with Crippen LogP contribution in [0.1, 0.15) is 5.56 Å². The Hall–Kier alpha value is -1.81. The van der Waals surface area contributed by atoms with Crippen molar-refractivity contribution in [2.45, 2.75) is 6.54 Å². The van der Waals surface area contributed by atoms with Gasteiger partial charge in [0.1, 0.15) is 6.61 Å². The van der Waals surface area contributed by atoms with Crippen molar-refractivity contribution >= 4 is 6.09 Å². The van der Waals surface area contributed by atoms with E-state index >= 15 is 0 Å². The van der Waals surface area contributed by atoms with E-state index in [2.05, 4.69) is 11.3 Å². The lowest BCUT2D eigenvalue weighted by Gasteiger charge is -2.13. The summed E-state index contributed by atoms with van der Waals surface area (Å²) in [6, 6.07) is 9.14. The fourth-order valence-electron chi connectivity index (χ4n) is 1.03. The Balaban J connectivity index is 2.45. The summed E-state index contributed by atoms with van der Waals surface area (Å²) in [6.45, 7) is 3.59. The monoisotopic (exact) mass is 207 g/mol. The summed E-state index contributed by atoms with van der Waals surface area (Å²) in [4.78, 5) is 11.1. The lowest BCUT2D eigenvalue weighted by molar-refractivity contribution is -0.0789. The van der Waals surface area contributed by atoms with Crippen LogP contribution < -0.4 is 0 Å². The SMILES string of the molecule is C=CCOC(=O)N(O)Cc1ccccc1. The van der Waals surface area contributed by atoms with Crippen molar-refractivity contribution in [1.82, 2.24) is 5.06 Å². The van der Waals surface area contributed by atoms with E-state index in [0.717, 1.165) is 5.56 Å². The first-order valence-electron chi connectivity index (χ1n) is 4.52. The highest BCUT2D eigenvalue weighted by Crippen LogP contribution is 2.03. The number of hydrogen-bond donors (Lipinski definition) is 1. The minimum atomic E-state index is -0.779. The van der Waals surface area contributed by atoms with Gasteiger partial charge in [0.15, 0.2) is 0 Å². The number of hydroxylamine groups is 2. The maximum atomic E-state index is 11.1. The second-order valence-corrected chi connectivity index (χ2v) is 2.91. The number of benzene rings is 1. The number of nitrogens with zero attached hydrogens (tertiary/aromatic N) is 1. The second-order valence-electron chi connectivity index (χ2n) is 2.91. The molecule has 0 bridgehead atoms. The standard InChI is InChI=1S/C11H13NO3/c1-2-8-15-11(13)12(14)9-10-6-4-3-5-7-10/h2-7,14H,1,8-9H2. The van der Waals surface area contributed by atoms with Crippen LogP contribution in [0.15, 0.2) is 43.0 Å². The number of carbonyl (C=O) groups is 1. The highest BCUT2D eigenvalue weighted by molar-refractivity contribution is 5.66. The van der Waals surface area contributed by atoms with Gasteiger partial charge in [-0.25, -0.2) is 4.79 Å². The molecule has 1 rings (SSSR count). The zero-order valence-electron chi connectivity index (χ0n) is 8.30. The molecule has 0 radical (unpaired) electrons. The van der Waals surface area contributed by atoms with Crippen LogP contribution in [-0.2, 0) is 11.3 Å². The molecule has 0 saturated heterocycles. The summed E-state index contributed by atoms with van der Waals surface area (Å²) in [5.41, 5.74) is 0.829. The van der Waals surface area contributed by atoms with E-state index < -0.39 is 6.09 Å². The maximum Gasteiger partial charge on any atom is 0.434 e. The molecule has 1 aromatic rings. The summed E-state index contributed by atoms with van der Waals surface area (Å²) in [7, 11) is 0. The molecule has 0 fully saturated rings. The zero-order valence-corrected chi connectivity index (χ0v) is 8.30. The molecule has 1 amide bonds. The van der Waals surface area contributed by atoms with Gasteiger partial charge in [-0.2, -0.15) is 5.06 Å². The average molecular weight is 207 g/mol. The fraction of sp³-hybridized carbons (Fsp3) is 0.182. The van der Waals surface area contributed by atoms with Crippen molar-refractivity contribution in [3.63, 3.8) is 0 Å². The zero-order chi connectivity index (χ0) is 11.1. The Bertz CT molecular complexity index is 324. The van der Waals surface area contributed by atoms with Gasteiger partial charge in [-0.15, -0.1) is 0 Å². The summed E-state index contributed by atoms with van der Waals surface area (Å²) in [5.74, 6) is 0. The molecule has 15 heavy (non-hydrogen) atoms. The summed E-state index contributed by atoms with van der Waals surface area (Å²) in [5, 5.41) is 9.85. The van der Waals surface area contributed by atoms with Crippen LogP contribution in [0.5, 0.6) is 0 Å². The van der Waals surface area contributed by atoms with Gasteiger partial charge >= 0.3 is 6.09 Å². The summed E-state index contributed by atoms with van der Waals surface area (Å²) >= 11 is 0. The molecule has 0 atom stereocenters. The van der Waals surface area contributed by atoms with Gasteiger partial charge in [0.25, 0.3) is 0 Å². The first-order valence-corrected chi connectivity index (χ1v) is 4.52. The van der Waals surface area contributed by atoms with Crippen molar-refractivity contribution in [2.75, 3.05) is 6.61 Å². The highest BCUT2D eigenvalue weighted by atomic mass is 16.6. The van der Waals surface area contributed by atoms with Gasteiger partial charge in [-0.1, -0.05) is 43.0 Å². The Labute approximate surface area is 88.3 Å². The quantitative estimate of drug-likeness (QED) is 0.467. The first-order chi connectivity index (χ1) is 7.24. The highest BCUT2D eigenvalue weighted by Gasteiger charge is 2.11. The van der Waals surface area contributed by atoms with Crippen LogP contribution in [0.3, 0.4) is 0 Å². The topological polar surface area (TPSA) is 49.8 Å². The number of rotatable bonds is 4. The van der Waals surface area contributed by atoms with E-state index in [-0.39, 0.29) is 13.2 Å². The van der Waals surface area contributed by atoms with E-state index in [1.165, 1.54) is 6.08 Å². The van der Waals surface area contributed by atoms with E-state index in [1.807, 2.05) is 30.3 Å². The fourth-order valence-corrected chi connectivity index (χ4v) is 1.03. The second kappa shape index (κ2) is 5.82. The van der Waals surface area contributed by atoms with Crippen LogP contribution in [0, 0.1) is 0 Å². The Morgan fingerprint density at radius 2 is 2.13 bits per heavy atom. The van der Waals surface area contributed by atoms with Crippen molar-refractivity contribution < 1.29 is 14.7 Å². The van der Waals surface area contributed by atoms with Gasteiger partial charge < -0.3 is 4.74 Å². The molecule has 80 valence electrons. The minimum Gasteiger partial charge on any atom is -0.444 e.